The first kappa shape index (κ1) is 20.7. The molecule has 2 heterocycles. The predicted molar refractivity (Wildman–Crippen MR) is 115 cm³/mol. The van der Waals surface area contributed by atoms with E-state index in [0.717, 1.165) is 34.9 Å². The van der Waals surface area contributed by atoms with Crippen LogP contribution in [0, 0.1) is 0 Å². The summed E-state index contributed by atoms with van der Waals surface area (Å²) >= 11 is 1.70. The number of hydrogen-bond acceptors (Lipinski definition) is 5. The van der Waals surface area contributed by atoms with Crippen LogP contribution in [0.4, 0.5) is 5.82 Å². The number of hydrogen-bond donors (Lipinski definition) is 1. The molecule has 0 bridgehead atoms. The van der Waals surface area contributed by atoms with Crippen LogP contribution in [0.25, 0.3) is 0 Å². The van der Waals surface area contributed by atoms with E-state index in [9.17, 15) is 4.79 Å². The molecule has 3 rings (SSSR count). The Hall–Kier alpha value is -2.05. The molecule has 2 aromatic rings. The van der Waals surface area contributed by atoms with Gasteiger partial charge in [0, 0.05) is 36.0 Å². The van der Waals surface area contributed by atoms with E-state index >= 15 is 0 Å². The highest BCUT2D eigenvalue weighted by atomic mass is 32.2. The predicted octanol–water partition coefficient (Wildman–Crippen LogP) is 4.13. The highest BCUT2D eigenvalue weighted by molar-refractivity contribution is 8.00. The number of carbonyl (C=O) groups excluding carboxylic acids is 1. The molecule has 5 nitrogen and oxygen atoms in total. The Morgan fingerprint density at radius 2 is 1.93 bits per heavy atom. The lowest BCUT2D eigenvalue weighted by Crippen LogP contribution is -2.45. The number of rotatable bonds is 6. The van der Waals surface area contributed by atoms with Crippen molar-refractivity contribution in [1.82, 2.24) is 10.3 Å². The Kier molecular flexibility index (Phi) is 6.97. The van der Waals surface area contributed by atoms with Gasteiger partial charge < -0.3 is 15.0 Å². The lowest BCUT2D eigenvalue weighted by Gasteiger charge is -2.36. The second kappa shape index (κ2) is 9.43. The van der Waals surface area contributed by atoms with Crippen LogP contribution in [-0.4, -0.2) is 41.4 Å². The Morgan fingerprint density at radius 1 is 1.21 bits per heavy atom. The highest BCUT2D eigenvalue weighted by Crippen LogP contribution is 2.26. The van der Waals surface area contributed by atoms with Crippen molar-refractivity contribution in [2.75, 3.05) is 18.0 Å². The molecule has 6 heteroatoms. The van der Waals surface area contributed by atoms with E-state index in [0.29, 0.717) is 11.8 Å². The quantitative estimate of drug-likeness (QED) is 0.741. The molecule has 2 atom stereocenters. The van der Waals surface area contributed by atoms with Crippen LogP contribution in [-0.2, 0) is 11.3 Å². The van der Waals surface area contributed by atoms with Crippen molar-refractivity contribution >= 4 is 23.5 Å². The smallest absolute Gasteiger partial charge is 0.252 e. The van der Waals surface area contributed by atoms with Crippen molar-refractivity contribution in [3.63, 3.8) is 0 Å². The molecule has 1 amide bonds. The monoisotopic (exact) mass is 399 g/mol. The van der Waals surface area contributed by atoms with Gasteiger partial charge >= 0.3 is 0 Å². The van der Waals surface area contributed by atoms with Crippen LogP contribution in [0.3, 0.4) is 0 Å². The van der Waals surface area contributed by atoms with Crippen molar-refractivity contribution in [3.05, 3.63) is 53.7 Å². The number of benzene rings is 1. The number of carbonyl (C=O) groups is 1. The second-order valence-electron chi connectivity index (χ2n) is 7.53. The molecule has 28 heavy (non-hydrogen) atoms. The third-order valence-corrected chi connectivity index (χ3v) is 5.58. The summed E-state index contributed by atoms with van der Waals surface area (Å²) in [5, 5.41) is 3.44. The van der Waals surface area contributed by atoms with E-state index in [1.807, 2.05) is 42.6 Å². The van der Waals surface area contributed by atoms with Gasteiger partial charge in [-0.25, -0.2) is 4.98 Å². The van der Waals surface area contributed by atoms with Gasteiger partial charge in [-0.1, -0.05) is 32.0 Å². The summed E-state index contributed by atoms with van der Waals surface area (Å²) in [7, 11) is 0. The number of amides is 1. The fourth-order valence-corrected chi connectivity index (χ4v) is 4.31. The number of ether oxygens (including phenoxy) is 1. The van der Waals surface area contributed by atoms with Crippen molar-refractivity contribution < 1.29 is 9.53 Å². The minimum absolute atomic E-state index is 0.0522. The summed E-state index contributed by atoms with van der Waals surface area (Å²) in [6, 6.07) is 11.8. The molecule has 150 valence electrons. The first-order valence-electron chi connectivity index (χ1n) is 9.81. The van der Waals surface area contributed by atoms with Crippen LogP contribution < -0.4 is 10.2 Å². The second-order valence-corrected chi connectivity index (χ2v) is 9.15. The van der Waals surface area contributed by atoms with Gasteiger partial charge in [0.15, 0.2) is 0 Å². The molecule has 2 unspecified atom stereocenters. The first-order chi connectivity index (χ1) is 13.4. The van der Waals surface area contributed by atoms with E-state index in [4.69, 9.17) is 4.74 Å². The molecule has 1 fully saturated rings. The van der Waals surface area contributed by atoms with Gasteiger partial charge in [-0.05, 0) is 37.6 Å². The van der Waals surface area contributed by atoms with Crippen LogP contribution in [0.2, 0.25) is 0 Å². The SMILES string of the molecule is CC1CN(c2ccc(CNC(=O)c3ccccc3SC(C)C)cn2)CC(C)O1. The Labute approximate surface area is 171 Å². The van der Waals surface area contributed by atoms with Crippen LogP contribution in [0.1, 0.15) is 43.6 Å². The number of thioether (sulfide) groups is 1. The topological polar surface area (TPSA) is 54.5 Å². The first-order valence-corrected chi connectivity index (χ1v) is 10.7. The van der Waals surface area contributed by atoms with E-state index in [1.165, 1.54) is 0 Å². The minimum atomic E-state index is -0.0522. The van der Waals surface area contributed by atoms with Gasteiger partial charge in [-0.2, -0.15) is 0 Å². The van der Waals surface area contributed by atoms with Crippen molar-refractivity contribution in [2.45, 2.75) is 56.6 Å². The Bertz CT molecular complexity index is 785. The average molecular weight is 400 g/mol. The molecule has 1 saturated heterocycles. The standard InChI is InChI=1S/C22H29N3O2S/c1-15(2)28-20-8-6-5-7-19(20)22(26)24-12-18-9-10-21(23-11-18)25-13-16(3)27-17(4)14-25/h5-11,15-17H,12-14H2,1-4H3,(H,24,26). The van der Waals surface area contributed by atoms with Gasteiger partial charge in [-0.3, -0.25) is 4.79 Å². The van der Waals surface area contributed by atoms with Gasteiger partial charge in [-0.15, -0.1) is 11.8 Å². The molecule has 1 aromatic carbocycles. The van der Waals surface area contributed by atoms with Gasteiger partial charge in [0.2, 0.25) is 0 Å². The van der Waals surface area contributed by atoms with E-state index in [-0.39, 0.29) is 18.1 Å². The lowest BCUT2D eigenvalue weighted by molar-refractivity contribution is -0.00546. The zero-order valence-electron chi connectivity index (χ0n) is 17.0. The molecule has 0 radical (unpaired) electrons. The Morgan fingerprint density at radius 3 is 2.57 bits per heavy atom. The minimum Gasteiger partial charge on any atom is -0.372 e. The third kappa shape index (κ3) is 5.49. The number of anilines is 1. The van der Waals surface area contributed by atoms with E-state index in [1.54, 1.807) is 11.8 Å². The van der Waals surface area contributed by atoms with E-state index < -0.39 is 0 Å². The fraction of sp³-hybridized carbons (Fsp3) is 0.455. The van der Waals surface area contributed by atoms with Crippen molar-refractivity contribution in [1.29, 1.82) is 0 Å². The van der Waals surface area contributed by atoms with Crippen LogP contribution in [0.15, 0.2) is 47.5 Å². The number of nitrogens with one attached hydrogen (secondary N) is 1. The number of nitrogens with zero attached hydrogens (tertiary/aromatic N) is 2. The highest BCUT2D eigenvalue weighted by Gasteiger charge is 2.23. The Balaban J connectivity index is 1.60. The fourth-order valence-electron chi connectivity index (χ4n) is 3.36. The maximum absolute atomic E-state index is 12.6. The molecule has 1 N–H and O–H groups in total. The molecule has 0 spiro atoms. The summed E-state index contributed by atoms with van der Waals surface area (Å²) in [5.41, 5.74) is 1.71. The molecule has 0 aliphatic carbocycles. The number of aromatic nitrogens is 1. The molecule has 1 aliphatic heterocycles. The molecule has 0 saturated carbocycles. The maximum atomic E-state index is 12.6. The summed E-state index contributed by atoms with van der Waals surface area (Å²) in [6.07, 6.45) is 2.25. The number of pyridine rings is 1. The van der Waals surface area contributed by atoms with Crippen molar-refractivity contribution in [2.24, 2.45) is 0 Å². The summed E-state index contributed by atoms with van der Waals surface area (Å²) < 4.78 is 5.78. The third-order valence-electron chi connectivity index (χ3n) is 4.50. The van der Waals surface area contributed by atoms with Gasteiger partial charge in [0.1, 0.15) is 5.82 Å². The largest absolute Gasteiger partial charge is 0.372 e. The summed E-state index contributed by atoms with van der Waals surface area (Å²) in [5.74, 6) is 0.902. The maximum Gasteiger partial charge on any atom is 0.252 e. The van der Waals surface area contributed by atoms with Gasteiger partial charge in [0.05, 0.1) is 17.8 Å². The zero-order chi connectivity index (χ0) is 20.1. The van der Waals surface area contributed by atoms with Gasteiger partial charge in [0.25, 0.3) is 5.91 Å². The zero-order valence-corrected chi connectivity index (χ0v) is 17.8. The molecule has 1 aliphatic rings. The molecular formula is C22H29N3O2S. The van der Waals surface area contributed by atoms with Crippen LogP contribution in [0.5, 0.6) is 0 Å². The normalized spacial score (nSPS) is 19.7. The summed E-state index contributed by atoms with van der Waals surface area (Å²) in [6.45, 7) is 10.6. The van der Waals surface area contributed by atoms with Crippen LogP contribution >= 0.6 is 11.8 Å². The van der Waals surface area contributed by atoms with E-state index in [2.05, 4.69) is 42.9 Å². The number of morpholine rings is 1. The molecular weight excluding hydrogens is 370 g/mol. The average Bonchev–Trinajstić information content (AvgIpc) is 2.66. The van der Waals surface area contributed by atoms with Crippen molar-refractivity contribution in [3.8, 4) is 0 Å². The molecule has 1 aromatic heterocycles. The lowest BCUT2D eigenvalue weighted by atomic mass is 10.2. The summed E-state index contributed by atoms with van der Waals surface area (Å²) in [4.78, 5) is 20.5.